The average molecular weight is 467 g/mol. The zero-order valence-electron chi connectivity index (χ0n) is 20.0. The van der Waals surface area contributed by atoms with Crippen LogP contribution in [-0.2, 0) is 4.79 Å². The summed E-state index contributed by atoms with van der Waals surface area (Å²) < 4.78 is 21.0. The molecule has 0 aliphatic carbocycles. The number of nitrogens with one attached hydrogen (secondary N) is 1. The molecule has 3 unspecified atom stereocenters. The summed E-state index contributed by atoms with van der Waals surface area (Å²) in [6, 6.07) is 10.3. The molecule has 0 spiro atoms. The molecule has 0 aromatic heterocycles. The van der Waals surface area contributed by atoms with Gasteiger partial charge < -0.3 is 14.7 Å². The molecule has 2 aromatic rings. The van der Waals surface area contributed by atoms with Crippen LogP contribution in [0, 0.1) is 11.2 Å². The fourth-order valence-corrected chi connectivity index (χ4v) is 5.49. The molecule has 3 aliphatic heterocycles. The summed E-state index contributed by atoms with van der Waals surface area (Å²) in [5.41, 5.74) is 5.63. The van der Waals surface area contributed by atoms with Gasteiger partial charge in [-0.25, -0.2) is 9.82 Å². The van der Waals surface area contributed by atoms with E-state index in [0.29, 0.717) is 23.7 Å². The Morgan fingerprint density at radius 3 is 2.71 bits per heavy atom. The van der Waals surface area contributed by atoms with E-state index in [-0.39, 0.29) is 35.8 Å². The van der Waals surface area contributed by atoms with E-state index >= 15 is 0 Å². The number of hydrazone groups is 1. The Labute approximate surface area is 199 Å². The lowest BCUT2D eigenvalue weighted by atomic mass is 9.67. The first-order valence-corrected chi connectivity index (χ1v) is 11.8. The van der Waals surface area contributed by atoms with Crippen LogP contribution in [0.3, 0.4) is 0 Å². The molecule has 3 heterocycles. The van der Waals surface area contributed by atoms with Crippen LogP contribution in [0.25, 0.3) is 11.1 Å². The molecule has 1 amide bonds. The number of carbonyl (C=O) groups is 1. The van der Waals surface area contributed by atoms with Gasteiger partial charge >= 0.3 is 0 Å². The van der Waals surface area contributed by atoms with Gasteiger partial charge in [-0.3, -0.25) is 9.69 Å². The molecule has 0 saturated carbocycles. The molecule has 1 fully saturated rings. The number of hydrogen-bond donors (Lipinski definition) is 2. The second kappa shape index (κ2) is 8.36. The van der Waals surface area contributed by atoms with Gasteiger partial charge in [0.15, 0.2) is 5.84 Å². The molecule has 7 nitrogen and oxygen atoms in total. The Hall–Kier alpha value is -2.97. The van der Waals surface area contributed by atoms with Crippen molar-refractivity contribution in [3.05, 3.63) is 47.8 Å². The fraction of sp³-hybridized carbons (Fsp3) is 0.462. The van der Waals surface area contributed by atoms with Crippen molar-refractivity contribution in [2.24, 2.45) is 10.5 Å². The summed E-state index contributed by atoms with van der Waals surface area (Å²) in [5, 5.41) is 14.0. The molecular weight excluding hydrogens is 435 g/mol. The van der Waals surface area contributed by atoms with Crippen molar-refractivity contribution >= 4 is 17.4 Å². The number of likely N-dealkylation sites (tertiary alicyclic amines) is 1. The largest absolute Gasteiger partial charge is 0.483 e. The lowest BCUT2D eigenvalue weighted by Gasteiger charge is -2.52. The molecule has 0 bridgehead atoms. The number of rotatable bonds is 5. The molecular formula is C26H31FN4O3. The molecule has 180 valence electrons. The number of hydrogen-bond acceptors (Lipinski definition) is 6. The highest BCUT2D eigenvalue weighted by Gasteiger charge is 2.45. The van der Waals surface area contributed by atoms with E-state index in [1.54, 1.807) is 19.1 Å². The number of nitrogens with zero attached hydrogens (tertiary/aromatic N) is 3. The monoisotopic (exact) mass is 466 g/mol. The number of anilines is 1. The van der Waals surface area contributed by atoms with Crippen molar-refractivity contribution in [1.29, 1.82) is 0 Å². The first kappa shape index (κ1) is 22.8. The summed E-state index contributed by atoms with van der Waals surface area (Å²) in [6.07, 6.45) is -0.376. The maximum absolute atomic E-state index is 15.0. The van der Waals surface area contributed by atoms with Crippen LogP contribution in [0.5, 0.6) is 5.75 Å². The molecule has 2 aromatic carbocycles. The fourth-order valence-electron chi connectivity index (χ4n) is 5.49. The summed E-state index contributed by atoms with van der Waals surface area (Å²) in [6.45, 7) is 10.6. The molecule has 1 saturated heterocycles. The second-order valence-electron chi connectivity index (χ2n) is 10.1. The summed E-state index contributed by atoms with van der Waals surface area (Å²) in [5.74, 6) is 0.895. The third-order valence-electron chi connectivity index (χ3n) is 7.46. The number of ether oxygens (including phenoxy) is 1. The van der Waals surface area contributed by atoms with Crippen molar-refractivity contribution in [2.75, 3.05) is 31.1 Å². The van der Waals surface area contributed by atoms with E-state index in [9.17, 15) is 14.3 Å². The Morgan fingerprint density at radius 2 is 2.00 bits per heavy atom. The lowest BCUT2D eigenvalue weighted by Crippen LogP contribution is -2.58. The molecule has 3 aliphatic rings. The highest BCUT2D eigenvalue weighted by Crippen LogP contribution is 2.49. The van der Waals surface area contributed by atoms with Gasteiger partial charge in [0.25, 0.3) is 5.91 Å². The first-order valence-electron chi connectivity index (χ1n) is 11.8. The number of β-amino-alcohol motifs (C(OH)–C–C–N with tert-alkyl or cyclic N) is 1. The predicted octanol–water partition coefficient (Wildman–Crippen LogP) is 3.33. The van der Waals surface area contributed by atoms with Gasteiger partial charge in [0.05, 0.1) is 11.8 Å². The first-order chi connectivity index (χ1) is 16.2. The highest BCUT2D eigenvalue weighted by molar-refractivity contribution is 6.09. The maximum Gasteiger partial charge on any atom is 0.262 e. The van der Waals surface area contributed by atoms with Gasteiger partial charge in [0.2, 0.25) is 0 Å². The Balaban J connectivity index is 1.61. The van der Waals surface area contributed by atoms with E-state index in [0.717, 1.165) is 29.9 Å². The number of carbonyl (C=O) groups excluding carboxylic acids is 1. The zero-order chi connectivity index (χ0) is 24.2. The predicted molar refractivity (Wildman–Crippen MR) is 129 cm³/mol. The molecule has 8 heteroatoms. The summed E-state index contributed by atoms with van der Waals surface area (Å²) in [7, 11) is 0. The quantitative estimate of drug-likeness (QED) is 0.707. The maximum atomic E-state index is 15.0. The van der Waals surface area contributed by atoms with Gasteiger partial charge in [-0.2, -0.15) is 5.10 Å². The number of halogens is 1. The summed E-state index contributed by atoms with van der Waals surface area (Å²) in [4.78, 5) is 16.5. The molecule has 34 heavy (non-hydrogen) atoms. The van der Waals surface area contributed by atoms with Crippen LogP contribution in [0.1, 0.15) is 39.2 Å². The second-order valence-corrected chi connectivity index (χ2v) is 10.1. The Morgan fingerprint density at radius 1 is 1.26 bits per heavy atom. The van der Waals surface area contributed by atoms with Crippen LogP contribution >= 0.6 is 0 Å². The minimum Gasteiger partial charge on any atom is -0.483 e. The Kier molecular flexibility index (Phi) is 5.61. The van der Waals surface area contributed by atoms with Crippen LogP contribution in [0.15, 0.2) is 41.5 Å². The molecule has 3 atom stereocenters. The van der Waals surface area contributed by atoms with Crippen molar-refractivity contribution in [1.82, 2.24) is 10.3 Å². The van der Waals surface area contributed by atoms with Crippen LogP contribution in [0.2, 0.25) is 0 Å². The molecule has 0 radical (unpaired) electrons. The van der Waals surface area contributed by atoms with Crippen molar-refractivity contribution < 1.29 is 19.0 Å². The van der Waals surface area contributed by atoms with E-state index in [2.05, 4.69) is 29.3 Å². The van der Waals surface area contributed by atoms with Crippen molar-refractivity contribution in [3.8, 4) is 16.9 Å². The third-order valence-corrected chi connectivity index (χ3v) is 7.46. The lowest BCUT2D eigenvalue weighted by molar-refractivity contribution is -0.122. The van der Waals surface area contributed by atoms with E-state index in [1.807, 2.05) is 30.0 Å². The smallest absolute Gasteiger partial charge is 0.262 e. The van der Waals surface area contributed by atoms with E-state index < -0.39 is 6.04 Å². The Bertz CT molecular complexity index is 1160. The van der Waals surface area contributed by atoms with Gasteiger partial charge in [-0.05, 0) is 54.5 Å². The average Bonchev–Trinajstić information content (AvgIpc) is 2.78. The van der Waals surface area contributed by atoms with Gasteiger partial charge in [0.1, 0.15) is 24.2 Å². The normalized spacial score (nSPS) is 23.0. The third kappa shape index (κ3) is 3.75. The number of aliphatic hydroxyl groups is 1. The minimum atomic E-state index is -0.432. The highest BCUT2D eigenvalue weighted by atomic mass is 19.1. The standard InChI is InChI=1S/C26H31FN4O3/c1-15(32)11-30-13-26(4,14-30)16(2)19-9-22-23(10-20(19)18-7-5-6-8-21(18)27)34-12-24-28-29-25(33)17(3)31(22)24/h5-10,15-17,32H,11-14H2,1-4H3,(H,29,33). The topological polar surface area (TPSA) is 77.4 Å². The molecule has 2 N–H and O–H groups in total. The van der Waals surface area contributed by atoms with Crippen LogP contribution < -0.4 is 15.1 Å². The van der Waals surface area contributed by atoms with Gasteiger partial charge in [-0.1, -0.05) is 32.0 Å². The number of amidine groups is 1. The minimum absolute atomic E-state index is 0.0412. The van der Waals surface area contributed by atoms with E-state index in [1.165, 1.54) is 6.07 Å². The van der Waals surface area contributed by atoms with Crippen molar-refractivity contribution in [2.45, 2.75) is 45.8 Å². The number of fused-ring (bicyclic) bond motifs is 3. The number of amides is 1. The van der Waals surface area contributed by atoms with Gasteiger partial charge in [0, 0.05) is 25.2 Å². The van der Waals surface area contributed by atoms with E-state index in [4.69, 9.17) is 4.74 Å². The van der Waals surface area contributed by atoms with Crippen LogP contribution in [0.4, 0.5) is 10.1 Å². The number of benzene rings is 2. The number of aliphatic hydroxyl groups excluding tert-OH is 1. The van der Waals surface area contributed by atoms with Crippen molar-refractivity contribution in [3.63, 3.8) is 0 Å². The van der Waals surface area contributed by atoms with Crippen LogP contribution in [-0.4, -0.2) is 60.1 Å². The zero-order valence-corrected chi connectivity index (χ0v) is 20.0. The summed E-state index contributed by atoms with van der Waals surface area (Å²) >= 11 is 0. The SMILES string of the molecule is CC(O)CN1CC(C)(C(C)c2cc3c(cc2-c2ccccc2F)OCC2=NNC(=O)C(C)N23)C1. The van der Waals surface area contributed by atoms with Gasteiger partial charge in [-0.15, -0.1) is 0 Å². The molecule has 5 rings (SSSR count).